The van der Waals surface area contributed by atoms with Gasteiger partial charge in [-0.25, -0.2) is 0 Å². The van der Waals surface area contributed by atoms with Gasteiger partial charge >= 0.3 is 0 Å². The molecule has 0 spiro atoms. The number of hydrogen-bond donors (Lipinski definition) is 2. The van der Waals surface area contributed by atoms with Crippen molar-refractivity contribution in [2.45, 2.75) is 23.8 Å². The fourth-order valence-corrected chi connectivity index (χ4v) is 3.44. The smallest absolute Gasteiger partial charge is 0.191 e. The molecule has 1 aromatic rings. The van der Waals surface area contributed by atoms with Gasteiger partial charge < -0.3 is 15.5 Å². The topological polar surface area (TPSA) is 39.7 Å². The Bertz CT molecular complexity index is 483. The van der Waals surface area contributed by atoms with Crippen LogP contribution in [0.5, 0.6) is 0 Å². The Balaban J connectivity index is 0.00000264. The fourth-order valence-electron chi connectivity index (χ4n) is 2.54. The van der Waals surface area contributed by atoms with Crippen molar-refractivity contribution in [3.05, 3.63) is 29.3 Å². The number of rotatable bonds is 6. The lowest BCUT2D eigenvalue weighted by Gasteiger charge is -2.21. The lowest BCUT2D eigenvalue weighted by atomic mass is 10.2. The van der Waals surface area contributed by atoms with E-state index in [1.165, 1.54) is 24.3 Å². The highest BCUT2D eigenvalue weighted by molar-refractivity contribution is 14.0. The van der Waals surface area contributed by atoms with E-state index in [9.17, 15) is 0 Å². The lowest BCUT2D eigenvalue weighted by molar-refractivity contribution is 0.309. The number of benzene rings is 1. The Morgan fingerprint density at radius 3 is 2.70 bits per heavy atom. The first-order valence-corrected chi connectivity index (χ1v) is 9.08. The summed E-state index contributed by atoms with van der Waals surface area (Å²) in [4.78, 5) is 7.93. The monoisotopic (exact) mass is 468 g/mol. The Labute approximate surface area is 165 Å². The summed E-state index contributed by atoms with van der Waals surface area (Å²) in [6, 6.07) is 8.58. The van der Waals surface area contributed by atoms with Crippen molar-refractivity contribution in [1.82, 2.24) is 15.5 Å². The average Bonchev–Trinajstić information content (AvgIpc) is 2.93. The van der Waals surface area contributed by atoms with Gasteiger partial charge in [-0.05, 0) is 50.7 Å². The summed E-state index contributed by atoms with van der Waals surface area (Å²) in [7, 11) is 4.01. The maximum Gasteiger partial charge on any atom is 0.191 e. The third kappa shape index (κ3) is 7.49. The van der Waals surface area contributed by atoms with E-state index in [1.54, 1.807) is 0 Å². The van der Waals surface area contributed by atoms with Crippen LogP contribution in [0.2, 0.25) is 5.02 Å². The first-order chi connectivity index (χ1) is 10.7. The molecular weight excluding hydrogens is 443 g/mol. The van der Waals surface area contributed by atoms with Crippen LogP contribution in [0.25, 0.3) is 0 Å². The zero-order chi connectivity index (χ0) is 15.8. The average molecular weight is 469 g/mol. The van der Waals surface area contributed by atoms with E-state index < -0.39 is 0 Å². The van der Waals surface area contributed by atoms with Gasteiger partial charge in [0.1, 0.15) is 0 Å². The van der Waals surface area contributed by atoms with Crippen LogP contribution in [0.4, 0.5) is 0 Å². The van der Waals surface area contributed by atoms with E-state index in [4.69, 9.17) is 11.6 Å². The van der Waals surface area contributed by atoms with E-state index >= 15 is 0 Å². The Hall–Kier alpha value is -0.180. The SMILES string of the molecule is CN=C(NCCSc1ccc(Cl)cc1)NCC1CCCN1C.I. The predicted molar refractivity (Wildman–Crippen MR) is 113 cm³/mol. The van der Waals surface area contributed by atoms with Crippen LogP contribution in [-0.4, -0.2) is 56.4 Å². The molecule has 2 N–H and O–H groups in total. The van der Waals surface area contributed by atoms with Crippen molar-refractivity contribution < 1.29 is 0 Å². The molecule has 1 fully saturated rings. The molecule has 1 aliphatic heterocycles. The highest BCUT2D eigenvalue weighted by Crippen LogP contribution is 2.19. The number of aliphatic imine (C=N–C) groups is 1. The van der Waals surface area contributed by atoms with Crippen molar-refractivity contribution in [2.75, 3.05) is 39.5 Å². The molecule has 0 saturated carbocycles. The molecule has 1 heterocycles. The minimum atomic E-state index is 0. The number of guanidine groups is 1. The standard InChI is InChI=1S/C16H25ClN4S.HI/c1-18-16(20-12-14-4-3-10-21(14)2)19-9-11-22-15-7-5-13(17)6-8-15;/h5-8,14H,3-4,9-12H2,1-2H3,(H2,18,19,20);1H. The van der Waals surface area contributed by atoms with Crippen LogP contribution >= 0.6 is 47.3 Å². The highest BCUT2D eigenvalue weighted by Gasteiger charge is 2.20. The van der Waals surface area contributed by atoms with Crippen molar-refractivity contribution in [1.29, 1.82) is 0 Å². The number of nitrogens with one attached hydrogen (secondary N) is 2. The van der Waals surface area contributed by atoms with Crippen LogP contribution in [0.15, 0.2) is 34.2 Å². The first kappa shape index (κ1) is 20.9. The Morgan fingerprint density at radius 2 is 2.09 bits per heavy atom. The van der Waals surface area contributed by atoms with Crippen LogP contribution in [0.3, 0.4) is 0 Å². The summed E-state index contributed by atoms with van der Waals surface area (Å²) in [6.45, 7) is 3.05. The number of nitrogens with zero attached hydrogens (tertiary/aromatic N) is 2. The molecule has 1 atom stereocenters. The summed E-state index contributed by atoms with van der Waals surface area (Å²) in [6.07, 6.45) is 2.57. The van der Waals surface area contributed by atoms with Crippen LogP contribution in [0, 0.1) is 0 Å². The molecule has 0 aromatic heterocycles. The number of halogens is 2. The number of hydrogen-bond acceptors (Lipinski definition) is 3. The maximum absolute atomic E-state index is 5.88. The summed E-state index contributed by atoms with van der Waals surface area (Å²) in [5, 5.41) is 7.56. The maximum atomic E-state index is 5.88. The minimum absolute atomic E-state index is 0. The van der Waals surface area contributed by atoms with Gasteiger partial charge in [0.15, 0.2) is 5.96 Å². The Morgan fingerprint density at radius 1 is 1.35 bits per heavy atom. The second-order valence-electron chi connectivity index (χ2n) is 5.46. The van der Waals surface area contributed by atoms with Gasteiger partial charge in [-0.1, -0.05) is 11.6 Å². The van der Waals surface area contributed by atoms with Gasteiger partial charge in [-0.2, -0.15) is 0 Å². The van der Waals surface area contributed by atoms with E-state index in [1.807, 2.05) is 30.9 Å². The second-order valence-corrected chi connectivity index (χ2v) is 7.06. The molecular formula is C16H26ClIN4S. The molecule has 7 heteroatoms. The number of thioether (sulfide) groups is 1. The molecule has 23 heavy (non-hydrogen) atoms. The zero-order valence-electron chi connectivity index (χ0n) is 13.7. The van der Waals surface area contributed by atoms with E-state index in [0.717, 1.165) is 29.8 Å². The molecule has 0 radical (unpaired) electrons. The molecule has 0 aliphatic carbocycles. The van der Waals surface area contributed by atoms with Gasteiger partial charge in [0.05, 0.1) is 0 Å². The van der Waals surface area contributed by atoms with Crippen molar-refractivity contribution in [2.24, 2.45) is 4.99 Å². The quantitative estimate of drug-likeness (QED) is 0.221. The lowest BCUT2D eigenvalue weighted by Crippen LogP contribution is -2.44. The number of likely N-dealkylation sites (tertiary alicyclic amines) is 1. The van der Waals surface area contributed by atoms with Crippen LogP contribution < -0.4 is 10.6 Å². The molecule has 1 aliphatic rings. The second kappa shape index (κ2) is 11.4. The van der Waals surface area contributed by atoms with Gasteiger partial charge in [0.2, 0.25) is 0 Å². The van der Waals surface area contributed by atoms with Crippen molar-refractivity contribution in [3.63, 3.8) is 0 Å². The molecule has 1 aromatic carbocycles. The summed E-state index contributed by atoms with van der Waals surface area (Å²) < 4.78 is 0. The summed E-state index contributed by atoms with van der Waals surface area (Å²) >= 11 is 7.70. The summed E-state index contributed by atoms with van der Waals surface area (Å²) in [5.74, 6) is 1.88. The highest BCUT2D eigenvalue weighted by atomic mass is 127. The van der Waals surface area contributed by atoms with Crippen molar-refractivity contribution >= 4 is 53.3 Å². The van der Waals surface area contributed by atoms with Gasteiger partial charge in [0.25, 0.3) is 0 Å². The normalized spacial score (nSPS) is 18.6. The van der Waals surface area contributed by atoms with E-state index in [2.05, 4.69) is 39.7 Å². The van der Waals surface area contributed by atoms with E-state index in [-0.39, 0.29) is 24.0 Å². The third-order valence-electron chi connectivity index (χ3n) is 3.88. The third-order valence-corrected chi connectivity index (χ3v) is 5.14. The molecule has 2 rings (SSSR count). The Kier molecular flexibility index (Phi) is 10.3. The fraction of sp³-hybridized carbons (Fsp3) is 0.562. The molecule has 0 amide bonds. The van der Waals surface area contributed by atoms with Gasteiger partial charge in [-0.15, -0.1) is 35.7 Å². The first-order valence-electron chi connectivity index (χ1n) is 7.72. The molecule has 0 bridgehead atoms. The van der Waals surface area contributed by atoms with Gasteiger partial charge in [-0.3, -0.25) is 4.99 Å². The number of likely N-dealkylation sites (N-methyl/N-ethyl adjacent to an activating group) is 1. The minimum Gasteiger partial charge on any atom is -0.356 e. The van der Waals surface area contributed by atoms with Crippen LogP contribution in [-0.2, 0) is 0 Å². The molecule has 1 saturated heterocycles. The predicted octanol–water partition coefficient (Wildman–Crippen LogP) is 3.31. The molecule has 1 unspecified atom stereocenters. The van der Waals surface area contributed by atoms with Crippen molar-refractivity contribution in [3.8, 4) is 0 Å². The molecule has 4 nitrogen and oxygen atoms in total. The van der Waals surface area contributed by atoms with Crippen LogP contribution in [0.1, 0.15) is 12.8 Å². The van der Waals surface area contributed by atoms with E-state index in [0.29, 0.717) is 6.04 Å². The summed E-state index contributed by atoms with van der Waals surface area (Å²) in [5.41, 5.74) is 0. The zero-order valence-corrected chi connectivity index (χ0v) is 17.6. The largest absolute Gasteiger partial charge is 0.356 e. The van der Waals surface area contributed by atoms with Gasteiger partial charge in [0, 0.05) is 41.8 Å². The molecule has 130 valence electrons.